The Morgan fingerprint density at radius 1 is 0.396 bits per heavy atom. The largest absolute Gasteiger partial charge is 0.279 e. The van der Waals surface area contributed by atoms with E-state index in [4.69, 9.17) is 15.0 Å². The summed E-state index contributed by atoms with van der Waals surface area (Å²) in [6.45, 7) is 18.0. The van der Waals surface area contributed by atoms with Crippen LogP contribution in [-0.4, -0.2) is 15.0 Å². The van der Waals surface area contributed by atoms with Gasteiger partial charge in [0.2, 0.25) is 0 Å². The van der Waals surface area contributed by atoms with Gasteiger partial charge in [0.05, 0.1) is 0 Å². The van der Waals surface area contributed by atoms with Gasteiger partial charge in [-0.1, -0.05) is 97.9 Å². The first-order valence-electron chi connectivity index (χ1n) is 17.7. The van der Waals surface area contributed by atoms with E-state index in [0.717, 1.165) is 60.3 Å². The molecule has 0 saturated carbocycles. The fourth-order valence-electron chi connectivity index (χ4n) is 6.21. The predicted octanol–water partition coefficient (Wildman–Crippen LogP) is 11.6. The minimum absolute atomic E-state index is 0.569. The first-order chi connectivity index (χ1) is 23.0. The van der Waals surface area contributed by atoms with Gasteiger partial charge in [-0.3, -0.25) is 9.80 Å². The van der Waals surface area contributed by atoms with Crippen LogP contribution in [0.2, 0.25) is 0 Å². The van der Waals surface area contributed by atoms with Crippen molar-refractivity contribution < 1.29 is 0 Å². The molecule has 0 atom stereocenters. The topological polar surface area (TPSA) is 45.2 Å². The maximum atomic E-state index is 5.33. The molecule has 0 aliphatic heterocycles. The summed E-state index contributed by atoms with van der Waals surface area (Å²) in [4.78, 5) is 19.6. The average Bonchev–Trinajstić information content (AvgIpc) is 3.04. The SMILES string of the molecule is CC(C)Cc1ccc(N(c2ccc(CC(C)C)cn2)c2cccc(N(c3ccc(CC(C)C)cc3)c3ccc(CC(C)C)cn3)n2)cc1. The van der Waals surface area contributed by atoms with Crippen LogP contribution < -0.4 is 9.80 Å². The van der Waals surface area contributed by atoms with Gasteiger partial charge in [-0.15, -0.1) is 0 Å². The van der Waals surface area contributed by atoms with E-state index < -0.39 is 0 Å². The third-order valence-electron chi connectivity index (χ3n) is 8.22. The molecule has 0 amide bonds. The van der Waals surface area contributed by atoms with Crippen molar-refractivity contribution in [3.63, 3.8) is 0 Å². The van der Waals surface area contributed by atoms with Gasteiger partial charge < -0.3 is 0 Å². The fraction of sp³-hybridized carbons (Fsp3) is 0.372. The van der Waals surface area contributed by atoms with Gasteiger partial charge in [-0.2, -0.15) is 0 Å². The normalized spacial score (nSPS) is 11.6. The maximum absolute atomic E-state index is 5.33. The molecule has 0 bridgehead atoms. The number of rotatable bonds is 14. The lowest BCUT2D eigenvalue weighted by molar-refractivity contribution is 0.645. The Morgan fingerprint density at radius 2 is 0.729 bits per heavy atom. The van der Waals surface area contributed by atoms with Crippen molar-refractivity contribution in [1.29, 1.82) is 0 Å². The van der Waals surface area contributed by atoms with Gasteiger partial charge in [0.25, 0.3) is 0 Å². The van der Waals surface area contributed by atoms with Crippen molar-refractivity contribution in [2.75, 3.05) is 9.80 Å². The molecule has 3 heterocycles. The first kappa shape index (κ1) is 34.8. The summed E-state index contributed by atoms with van der Waals surface area (Å²) in [7, 11) is 0. The molecule has 250 valence electrons. The lowest BCUT2D eigenvalue weighted by Crippen LogP contribution is -2.17. The van der Waals surface area contributed by atoms with Crippen LogP contribution in [0.4, 0.5) is 34.6 Å². The molecule has 0 saturated heterocycles. The highest BCUT2D eigenvalue weighted by atomic mass is 15.3. The molecule has 0 radical (unpaired) electrons. The molecule has 0 aliphatic rings. The summed E-state index contributed by atoms with van der Waals surface area (Å²) in [5.74, 6) is 5.60. The van der Waals surface area contributed by atoms with Crippen LogP contribution in [0.25, 0.3) is 0 Å². The third-order valence-corrected chi connectivity index (χ3v) is 8.22. The summed E-state index contributed by atoms with van der Waals surface area (Å²) in [5.41, 5.74) is 7.18. The number of hydrogen-bond acceptors (Lipinski definition) is 5. The minimum atomic E-state index is 0.569. The molecule has 2 aromatic carbocycles. The third kappa shape index (κ3) is 9.31. The first-order valence-corrected chi connectivity index (χ1v) is 17.7. The van der Waals surface area contributed by atoms with Crippen LogP contribution in [0.1, 0.15) is 77.6 Å². The average molecular weight is 640 g/mol. The molecule has 0 fully saturated rings. The Balaban J connectivity index is 1.59. The Bertz CT molecular complexity index is 1470. The number of benzene rings is 2. The minimum Gasteiger partial charge on any atom is -0.279 e. The molecule has 48 heavy (non-hydrogen) atoms. The van der Waals surface area contributed by atoms with Crippen LogP contribution in [0.15, 0.2) is 103 Å². The highest BCUT2D eigenvalue weighted by molar-refractivity contribution is 5.77. The number of aromatic nitrogens is 3. The van der Waals surface area contributed by atoms with Crippen molar-refractivity contribution in [2.45, 2.75) is 81.1 Å². The van der Waals surface area contributed by atoms with Crippen LogP contribution in [0.3, 0.4) is 0 Å². The van der Waals surface area contributed by atoms with Crippen molar-refractivity contribution in [3.8, 4) is 0 Å². The van der Waals surface area contributed by atoms with Gasteiger partial charge >= 0.3 is 0 Å². The second kappa shape index (κ2) is 16.1. The van der Waals surface area contributed by atoms with Crippen LogP contribution >= 0.6 is 0 Å². The van der Waals surface area contributed by atoms with Gasteiger partial charge in [-0.25, -0.2) is 15.0 Å². The Hall–Kier alpha value is -4.51. The van der Waals surface area contributed by atoms with Crippen LogP contribution in [-0.2, 0) is 25.7 Å². The van der Waals surface area contributed by atoms with Crippen LogP contribution in [0.5, 0.6) is 0 Å². The molecule has 5 rings (SSSR count). The lowest BCUT2D eigenvalue weighted by Gasteiger charge is -2.27. The van der Waals surface area contributed by atoms with Crippen molar-refractivity contribution in [1.82, 2.24) is 15.0 Å². The quantitative estimate of drug-likeness (QED) is 0.121. The molecule has 3 aromatic heterocycles. The van der Waals surface area contributed by atoms with Crippen molar-refractivity contribution >= 4 is 34.6 Å². The standard InChI is InChI=1S/C43H53N5/c1-30(2)24-34-12-18-38(19-13-34)47(40-22-16-36(28-44-40)26-32(5)6)42-10-9-11-43(46-42)48(39-20-14-35(15-21-39)25-31(3)4)41-23-17-37(29-45-41)27-33(7)8/h9-23,28-33H,24-27H2,1-8H3. The maximum Gasteiger partial charge on any atom is 0.141 e. The Morgan fingerprint density at radius 3 is 1.04 bits per heavy atom. The zero-order valence-electron chi connectivity index (χ0n) is 30.2. The van der Waals surface area contributed by atoms with E-state index in [0.29, 0.717) is 23.7 Å². The number of nitrogens with zero attached hydrogens (tertiary/aromatic N) is 5. The molecule has 5 nitrogen and oxygen atoms in total. The zero-order chi connectivity index (χ0) is 34.2. The molecular weight excluding hydrogens is 587 g/mol. The molecular formula is C43H53N5. The van der Waals surface area contributed by atoms with Gasteiger partial charge in [0.1, 0.15) is 23.3 Å². The molecule has 0 unspecified atom stereocenters. The Labute approximate surface area is 289 Å². The summed E-state index contributed by atoms with van der Waals surface area (Å²) >= 11 is 0. The number of hydrogen-bond donors (Lipinski definition) is 0. The second-order valence-corrected chi connectivity index (χ2v) is 14.8. The number of anilines is 6. The molecule has 0 N–H and O–H groups in total. The predicted molar refractivity (Wildman–Crippen MR) is 203 cm³/mol. The van der Waals surface area contributed by atoms with E-state index >= 15 is 0 Å². The van der Waals surface area contributed by atoms with Crippen molar-refractivity contribution in [2.24, 2.45) is 23.7 Å². The highest BCUT2D eigenvalue weighted by Crippen LogP contribution is 2.37. The summed E-state index contributed by atoms with van der Waals surface area (Å²) in [6.07, 6.45) is 8.10. The van der Waals surface area contributed by atoms with Crippen molar-refractivity contribution in [3.05, 3.63) is 126 Å². The van der Waals surface area contributed by atoms with Gasteiger partial charge in [-0.05, 0) is 120 Å². The molecule has 5 aromatic rings. The van der Waals surface area contributed by atoms with Crippen LogP contribution in [0, 0.1) is 23.7 Å². The molecule has 0 spiro atoms. The lowest BCUT2D eigenvalue weighted by atomic mass is 10.0. The van der Waals surface area contributed by atoms with Gasteiger partial charge in [0.15, 0.2) is 0 Å². The highest BCUT2D eigenvalue weighted by Gasteiger charge is 2.20. The van der Waals surface area contributed by atoms with E-state index in [9.17, 15) is 0 Å². The van der Waals surface area contributed by atoms with E-state index in [1.807, 2.05) is 12.4 Å². The fourth-order valence-corrected chi connectivity index (χ4v) is 6.21. The van der Waals surface area contributed by atoms with E-state index in [1.165, 1.54) is 22.3 Å². The van der Waals surface area contributed by atoms with E-state index in [2.05, 4.69) is 156 Å². The Kier molecular flexibility index (Phi) is 11.6. The summed E-state index contributed by atoms with van der Waals surface area (Å²) in [6, 6.07) is 32.5. The monoisotopic (exact) mass is 639 g/mol. The molecule has 0 aliphatic carbocycles. The van der Waals surface area contributed by atoms with E-state index in [1.54, 1.807) is 0 Å². The summed E-state index contributed by atoms with van der Waals surface area (Å²) < 4.78 is 0. The number of pyridine rings is 3. The van der Waals surface area contributed by atoms with E-state index in [-0.39, 0.29) is 0 Å². The zero-order valence-corrected chi connectivity index (χ0v) is 30.2. The summed E-state index contributed by atoms with van der Waals surface area (Å²) in [5, 5.41) is 0. The van der Waals surface area contributed by atoms with Gasteiger partial charge in [0, 0.05) is 23.8 Å². The molecule has 5 heteroatoms. The smallest absolute Gasteiger partial charge is 0.141 e. The second-order valence-electron chi connectivity index (χ2n) is 14.8.